The Morgan fingerprint density at radius 1 is 1.33 bits per heavy atom. The predicted molar refractivity (Wildman–Crippen MR) is 95.6 cm³/mol. The summed E-state index contributed by atoms with van der Waals surface area (Å²) >= 11 is 5.99. The van der Waals surface area contributed by atoms with Crippen LogP contribution >= 0.6 is 11.6 Å². The fourth-order valence-corrected chi connectivity index (χ4v) is 4.11. The standard InChI is InChI=1S/C16H22ClN3O3S/c1-24(22,23)20(14-8-3-2-4-9-14)12-16(21)19-18-11-13-7-5-6-10-15(13)17/h5-7,10-11,14H,2-4,8-9,12H2,1H3,(H,19,21). The smallest absolute Gasteiger partial charge is 0.255 e. The normalized spacial score (nSPS) is 16.6. The monoisotopic (exact) mass is 371 g/mol. The number of amides is 1. The molecule has 1 aliphatic carbocycles. The zero-order valence-corrected chi connectivity index (χ0v) is 15.2. The summed E-state index contributed by atoms with van der Waals surface area (Å²) in [4.78, 5) is 12.1. The maximum absolute atomic E-state index is 12.1. The highest BCUT2D eigenvalue weighted by atomic mass is 35.5. The van der Waals surface area contributed by atoms with Gasteiger partial charge in [-0.15, -0.1) is 0 Å². The number of sulfonamides is 1. The Morgan fingerprint density at radius 3 is 2.62 bits per heavy atom. The number of carbonyl (C=O) groups is 1. The fraction of sp³-hybridized carbons (Fsp3) is 0.500. The third kappa shape index (κ3) is 5.58. The fourth-order valence-electron chi connectivity index (χ4n) is 2.82. The number of halogens is 1. The van der Waals surface area contributed by atoms with Crippen molar-refractivity contribution in [2.24, 2.45) is 5.10 Å². The van der Waals surface area contributed by atoms with Gasteiger partial charge in [0.15, 0.2) is 0 Å². The van der Waals surface area contributed by atoms with Crippen molar-refractivity contribution in [2.75, 3.05) is 12.8 Å². The molecule has 24 heavy (non-hydrogen) atoms. The summed E-state index contributed by atoms with van der Waals surface area (Å²) in [7, 11) is -3.44. The van der Waals surface area contributed by atoms with Gasteiger partial charge in [0.2, 0.25) is 10.0 Å². The van der Waals surface area contributed by atoms with Gasteiger partial charge >= 0.3 is 0 Å². The molecule has 0 aliphatic heterocycles. The first-order valence-corrected chi connectivity index (χ1v) is 10.1. The largest absolute Gasteiger partial charge is 0.272 e. The lowest BCUT2D eigenvalue weighted by molar-refractivity contribution is -0.121. The second-order valence-corrected chi connectivity index (χ2v) is 8.26. The van der Waals surface area contributed by atoms with Crippen molar-refractivity contribution >= 4 is 33.7 Å². The number of rotatable bonds is 6. The third-order valence-electron chi connectivity index (χ3n) is 4.01. The van der Waals surface area contributed by atoms with Gasteiger partial charge in [-0.05, 0) is 18.9 Å². The summed E-state index contributed by atoms with van der Waals surface area (Å²) < 4.78 is 25.3. The van der Waals surface area contributed by atoms with E-state index >= 15 is 0 Å². The first-order chi connectivity index (χ1) is 11.4. The quantitative estimate of drug-likeness (QED) is 0.616. The number of hydrogen-bond acceptors (Lipinski definition) is 4. The van der Waals surface area contributed by atoms with Crippen LogP contribution in [0.15, 0.2) is 29.4 Å². The van der Waals surface area contributed by atoms with Gasteiger partial charge in [-0.1, -0.05) is 49.1 Å². The van der Waals surface area contributed by atoms with Crippen molar-refractivity contribution in [3.8, 4) is 0 Å². The van der Waals surface area contributed by atoms with Gasteiger partial charge < -0.3 is 0 Å². The zero-order valence-electron chi connectivity index (χ0n) is 13.6. The molecule has 0 aromatic heterocycles. The van der Waals surface area contributed by atoms with Crippen molar-refractivity contribution < 1.29 is 13.2 Å². The van der Waals surface area contributed by atoms with E-state index in [1.165, 1.54) is 10.5 Å². The summed E-state index contributed by atoms with van der Waals surface area (Å²) in [6.07, 6.45) is 7.26. The first kappa shape index (κ1) is 18.9. The van der Waals surface area contributed by atoms with E-state index in [2.05, 4.69) is 10.5 Å². The van der Waals surface area contributed by atoms with Gasteiger partial charge in [0.05, 0.1) is 19.0 Å². The van der Waals surface area contributed by atoms with Crippen LogP contribution < -0.4 is 5.43 Å². The summed E-state index contributed by atoms with van der Waals surface area (Å²) in [5.41, 5.74) is 3.04. The lowest BCUT2D eigenvalue weighted by Crippen LogP contribution is -2.45. The van der Waals surface area contributed by atoms with Crippen LogP contribution in [0.3, 0.4) is 0 Å². The molecule has 8 heteroatoms. The van der Waals surface area contributed by atoms with Crippen molar-refractivity contribution in [2.45, 2.75) is 38.1 Å². The Morgan fingerprint density at radius 2 is 2.00 bits per heavy atom. The summed E-state index contributed by atoms with van der Waals surface area (Å²) in [6, 6.07) is 6.99. The molecule has 0 bridgehead atoms. The van der Waals surface area contributed by atoms with E-state index in [0.29, 0.717) is 10.6 Å². The highest BCUT2D eigenvalue weighted by Gasteiger charge is 2.29. The molecule has 132 valence electrons. The Kier molecular flexibility index (Phi) is 6.77. The average Bonchev–Trinajstić information content (AvgIpc) is 2.54. The Hall–Kier alpha value is -1.44. The predicted octanol–water partition coefficient (Wildman–Crippen LogP) is 2.38. The number of nitrogens with zero attached hydrogens (tertiary/aromatic N) is 2. The molecule has 0 radical (unpaired) electrons. The highest BCUT2D eigenvalue weighted by Crippen LogP contribution is 2.24. The van der Waals surface area contributed by atoms with Crippen molar-refractivity contribution in [1.29, 1.82) is 0 Å². The van der Waals surface area contributed by atoms with Gasteiger partial charge in [0, 0.05) is 16.6 Å². The van der Waals surface area contributed by atoms with E-state index in [-0.39, 0.29) is 12.6 Å². The first-order valence-electron chi connectivity index (χ1n) is 7.91. The molecule has 0 spiro atoms. The van der Waals surface area contributed by atoms with Gasteiger partial charge in [-0.3, -0.25) is 4.79 Å². The van der Waals surface area contributed by atoms with E-state index in [4.69, 9.17) is 11.6 Å². The summed E-state index contributed by atoms with van der Waals surface area (Å²) in [5.74, 6) is -0.464. The zero-order chi connectivity index (χ0) is 17.6. The maximum atomic E-state index is 12.1. The van der Waals surface area contributed by atoms with E-state index in [0.717, 1.165) is 38.4 Å². The van der Waals surface area contributed by atoms with Gasteiger partial charge in [0.25, 0.3) is 5.91 Å². The number of carbonyl (C=O) groups excluding carboxylic acids is 1. The van der Waals surface area contributed by atoms with E-state index < -0.39 is 15.9 Å². The van der Waals surface area contributed by atoms with Crippen molar-refractivity contribution in [1.82, 2.24) is 9.73 Å². The van der Waals surface area contributed by atoms with Crippen LogP contribution in [0.5, 0.6) is 0 Å². The van der Waals surface area contributed by atoms with E-state index in [9.17, 15) is 13.2 Å². The minimum atomic E-state index is -3.44. The van der Waals surface area contributed by atoms with Crippen LogP contribution in [-0.2, 0) is 14.8 Å². The minimum absolute atomic E-state index is 0.105. The topological polar surface area (TPSA) is 78.8 Å². The molecule has 0 heterocycles. The highest BCUT2D eigenvalue weighted by molar-refractivity contribution is 7.88. The SMILES string of the molecule is CS(=O)(=O)N(CC(=O)NN=Cc1ccccc1Cl)C1CCCCC1. The lowest BCUT2D eigenvalue weighted by atomic mass is 9.95. The molecule has 1 amide bonds. The molecule has 1 fully saturated rings. The second kappa shape index (κ2) is 8.60. The number of hydrogen-bond donors (Lipinski definition) is 1. The molecule has 6 nitrogen and oxygen atoms in total. The molecular weight excluding hydrogens is 350 g/mol. The maximum Gasteiger partial charge on any atom is 0.255 e. The molecule has 1 N–H and O–H groups in total. The average molecular weight is 372 g/mol. The van der Waals surface area contributed by atoms with Crippen LogP contribution in [0.25, 0.3) is 0 Å². The molecule has 1 aromatic rings. The Balaban J connectivity index is 1.96. The number of hydrazone groups is 1. The molecule has 1 aromatic carbocycles. The van der Waals surface area contributed by atoms with Crippen LogP contribution in [-0.4, -0.2) is 43.7 Å². The molecule has 0 unspecified atom stereocenters. The molecule has 1 saturated carbocycles. The van der Waals surface area contributed by atoms with Gasteiger partial charge in [0.1, 0.15) is 0 Å². The van der Waals surface area contributed by atoms with Gasteiger partial charge in [-0.25, -0.2) is 13.8 Å². The second-order valence-electron chi connectivity index (χ2n) is 5.91. The van der Waals surface area contributed by atoms with E-state index in [1.54, 1.807) is 18.2 Å². The van der Waals surface area contributed by atoms with E-state index in [1.807, 2.05) is 6.07 Å². The van der Waals surface area contributed by atoms with Crippen LogP contribution in [0.1, 0.15) is 37.7 Å². The third-order valence-corrected chi connectivity index (χ3v) is 5.63. The van der Waals surface area contributed by atoms with Crippen molar-refractivity contribution in [3.05, 3.63) is 34.9 Å². The Labute approximate surface area is 147 Å². The molecule has 0 saturated heterocycles. The molecule has 2 rings (SSSR count). The van der Waals surface area contributed by atoms with Crippen LogP contribution in [0, 0.1) is 0 Å². The molecular formula is C16H22ClN3O3S. The molecule has 0 atom stereocenters. The van der Waals surface area contributed by atoms with Gasteiger partial charge in [-0.2, -0.15) is 9.41 Å². The summed E-state index contributed by atoms with van der Waals surface area (Å²) in [6.45, 7) is -0.219. The van der Waals surface area contributed by atoms with Crippen molar-refractivity contribution in [3.63, 3.8) is 0 Å². The number of benzene rings is 1. The van der Waals surface area contributed by atoms with Crippen LogP contribution in [0.4, 0.5) is 0 Å². The number of nitrogens with one attached hydrogen (secondary N) is 1. The van der Waals surface area contributed by atoms with Crippen LogP contribution in [0.2, 0.25) is 5.02 Å². The minimum Gasteiger partial charge on any atom is -0.272 e. The Bertz CT molecular complexity index is 700. The summed E-state index contributed by atoms with van der Waals surface area (Å²) in [5, 5.41) is 4.38. The lowest BCUT2D eigenvalue weighted by Gasteiger charge is -2.31. The molecule has 1 aliphatic rings.